The van der Waals surface area contributed by atoms with Crippen LogP contribution in [0.1, 0.15) is 56.8 Å². The van der Waals surface area contributed by atoms with E-state index in [1.54, 1.807) is 12.1 Å². The van der Waals surface area contributed by atoms with Crippen LogP contribution in [-0.4, -0.2) is 50.0 Å². The molecule has 1 saturated carbocycles. The predicted octanol–water partition coefficient (Wildman–Crippen LogP) is 2.79. The number of sulfonamides is 1. The number of morpholine rings is 1. The zero-order valence-corrected chi connectivity index (χ0v) is 17.2. The van der Waals surface area contributed by atoms with Gasteiger partial charge in [-0.2, -0.15) is 4.31 Å². The van der Waals surface area contributed by atoms with E-state index >= 15 is 0 Å². The van der Waals surface area contributed by atoms with Gasteiger partial charge in [-0.15, -0.1) is 0 Å². The second-order valence-electron chi connectivity index (χ2n) is 8.03. The molecule has 7 heteroatoms. The summed E-state index contributed by atoms with van der Waals surface area (Å²) in [5, 5.41) is 3.07. The molecule has 1 N–H and O–H groups in total. The highest BCUT2D eigenvalue weighted by atomic mass is 32.2. The van der Waals surface area contributed by atoms with E-state index in [1.165, 1.54) is 16.4 Å². The normalized spacial score (nSPS) is 30.0. The third kappa shape index (κ3) is 4.89. The third-order valence-corrected chi connectivity index (χ3v) is 7.34. The van der Waals surface area contributed by atoms with Gasteiger partial charge in [-0.3, -0.25) is 4.79 Å². The number of amides is 1. The molecule has 0 aromatic heterocycles. The average Bonchev–Trinajstić information content (AvgIpc) is 2.63. The quantitative estimate of drug-likeness (QED) is 0.852. The van der Waals surface area contributed by atoms with Gasteiger partial charge < -0.3 is 10.1 Å². The molecule has 1 heterocycles. The van der Waals surface area contributed by atoms with Crippen molar-refractivity contribution >= 4 is 15.9 Å². The van der Waals surface area contributed by atoms with Gasteiger partial charge in [0.15, 0.2) is 0 Å². The number of carbonyl (C=O) groups excluding carboxylic acids is 1. The highest BCUT2D eigenvalue weighted by molar-refractivity contribution is 7.89. The van der Waals surface area contributed by atoms with E-state index in [2.05, 4.69) is 12.2 Å². The number of hydrogen-bond acceptors (Lipinski definition) is 4. The van der Waals surface area contributed by atoms with Crippen molar-refractivity contribution in [2.45, 2.75) is 69.6 Å². The van der Waals surface area contributed by atoms with Crippen LogP contribution in [0.15, 0.2) is 29.2 Å². The summed E-state index contributed by atoms with van der Waals surface area (Å²) < 4.78 is 32.8. The van der Waals surface area contributed by atoms with Crippen molar-refractivity contribution in [3.8, 4) is 0 Å². The second-order valence-corrected chi connectivity index (χ2v) is 9.97. The van der Waals surface area contributed by atoms with Crippen LogP contribution < -0.4 is 5.32 Å². The fourth-order valence-electron chi connectivity index (χ4n) is 3.93. The smallest absolute Gasteiger partial charge is 0.251 e. The monoisotopic (exact) mass is 394 g/mol. The lowest BCUT2D eigenvalue weighted by Gasteiger charge is -2.34. The molecule has 3 rings (SSSR count). The summed E-state index contributed by atoms with van der Waals surface area (Å²) >= 11 is 0. The van der Waals surface area contributed by atoms with Gasteiger partial charge in [0.25, 0.3) is 5.91 Å². The molecular weight excluding hydrogens is 364 g/mol. The second kappa shape index (κ2) is 8.29. The zero-order valence-electron chi connectivity index (χ0n) is 16.3. The molecule has 2 aliphatic rings. The van der Waals surface area contributed by atoms with Gasteiger partial charge in [-0.25, -0.2) is 8.42 Å². The van der Waals surface area contributed by atoms with E-state index in [0.717, 1.165) is 31.6 Å². The number of ether oxygens (including phenoxy) is 1. The highest BCUT2D eigenvalue weighted by Crippen LogP contribution is 2.24. The van der Waals surface area contributed by atoms with Gasteiger partial charge in [-0.05, 0) is 69.7 Å². The molecule has 6 nitrogen and oxygen atoms in total. The Morgan fingerprint density at radius 2 is 1.56 bits per heavy atom. The maximum atomic E-state index is 12.9. The van der Waals surface area contributed by atoms with Crippen LogP contribution >= 0.6 is 0 Å². The Bertz CT molecular complexity index is 745. The molecule has 2 unspecified atom stereocenters. The fourth-order valence-corrected chi connectivity index (χ4v) is 5.52. The molecule has 2 fully saturated rings. The van der Waals surface area contributed by atoms with Crippen LogP contribution in [0.5, 0.6) is 0 Å². The van der Waals surface area contributed by atoms with Crippen molar-refractivity contribution < 1.29 is 17.9 Å². The van der Waals surface area contributed by atoms with Gasteiger partial charge >= 0.3 is 0 Å². The summed E-state index contributed by atoms with van der Waals surface area (Å²) in [7, 11) is -3.58. The largest absolute Gasteiger partial charge is 0.373 e. The van der Waals surface area contributed by atoms with Gasteiger partial charge in [-0.1, -0.05) is 6.92 Å². The topological polar surface area (TPSA) is 75.7 Å². The minimum atomic E-state index is -3.58. The SMILES string of the molecule is CC1CCC(NC(=O)c2ccc(S(=O)(=O)N3CC(C)OC(C)C3)cc2)CC1. The molecule has 0 spiro atoms. The molecular formula is C20H30N2O4S. The van der Waals surface area contributed by atoms with E-state index < -0.39 is 10.0 Å². The molecule has 1 aromatic carbocycles. The Morgan fingerprint density at radius 1 is 1.00 bits per heavy atom. The Kier molecular flexibility index (Phi) is 6.23. The number of nitrogens with one attached hydrogen (secondary N) is 1. The van der Waals surface area contributed by atoms with Gasteiger partial charge in [0.05, 0.1) is 17.1 Å². The van der Waals surface area contributed by atoms with Crippen molar-refractivity contribution in [2.24, 2.45) is 5.92 Å². The van der Waals surface area contributed by atoms with Crippen LogP contribution in [0.25, 0.3) is 0 Å². The summed E-state index contributed by atoms with van der Waals surface area (Å²) in [5.74, 6) is 0.598. The molecule has 150 valence electrons. The maximum Gasteiger partial charge on any atom is 0.251 e. The third-order valence-electron chi connectivity index (χ3n) is 5.49. The Labute approximate surface area is 162 Å². The molecule has 1 amide bonds. The maximum absolute atomic E-state index is 12.9. The van der Waals surface area contributed by atoms with E-state index in [4.69, 9.17) is 4.74 Å². The predicted molar refractivity (Wildman–Crippen MR) is 104 cm³/mol. The summed E-state index contributed by atoms with van der Waals surface area (Å²) in [5.41, 5.74) is 0.497. The molecule has 1 saturated heterocycles. The molecule has 1 aliphatic carbocycles. The number of benzene rings is 1. The van der Waals surface area contributed by atoms with Crippen molar-refractivity contribution in [1.82, 2.24) is 9.62 Å². The van der Waals surface area contributed by atoms with Crippen molar-refractivity contribution in [3.63, 3.8) is 0 Å². The number of hydrogen-bond donors (Lipinski definition) is 1. The molecule has 1 aromatic rings. The summed E-state index contributed by atoms with van der Waals surface area (Å²) in [6, 6.07) is 6.46. The lowest BCUT2D eigenvalue weighted by molar-refractivity contribution is -0.0440. The first kappa shape index (κ1) is 20.3. The minimum Gasteiger partial charge on any atom is -0.373 e. The Balaban J connectivity index is 1.66. The molecule has 1 aliphatic heterocycles. The van der Waals surface area contributed by atoms with E-state index in [9.17, 15) is 13.2 Å². The van der Waals surface area contributed by atoms with E-state index in [-0.39, 0.29) is 29.1 Å². The lowest BCUT2D eigenvalue weighted by atomic mass is 9.87. The standard InChI is InChI=1S/C20H30N2O4S/c1-14-4-8-18(9-5-14)21-20(23)17-6-10-19(11-7-17)27(24,25)22-12-15(2)26-16(3)13-22/h6-7,10-11,14-16,18H,4-5,8-9,12-13H2,1-3H3,(H,21,23). The zero-order chi connectivity index (χ0) is 19.6. The average molecular weight is 395 g/mol. The van der Waals surface area contributed by atoms with Crippen molar-refractivity contribution in [1.29, 1.82) is 0 Å². The summed E-state index contributed by atoms with van der Waals surface area (Å²) in [4.78, 5) is 12.7. The molecule has 2 atom stereocenters. The summed E-state index contributed by atoms with van der Waals surface area (Å²) in [6.45, 7) is 6.67. The first-order valence-corrected chi connectivity index (χ1v) is 11.3. The molecule has 0 bridgehead atoms. The lowest BCUT2D eigenvalue weighted by Crippen LogP contribution is -2.48. The van der Waals surface area contributed by atoms with Crippen molar-refractivity contribution in [3.05, 3.63) is 29.8 Å². The van der Waals surface area contributed by atoms with Gasteiger partial charge in [0.1, 0.15) is 0 Å². The molecule has 0 radical (unpaired) electrons. The van der Waals surface area contributed by atoms with Gasteiger partial charge in [0.2, 0.25) is 10.0 Å². The number of rotatable bonds is 4. The Morgan fingerprint density at radius 3 is 2.11 bits per heavy atom. The van der Waals surface area contributed by atoms with Crippen LogP contribution in [0, 0.1) is 5.92 Å². The first-order chi connectivity index (χ1) is 12.8. The van der Waals surface area contributed by atoms with Crippen LogP contribution in [0.4, 0.5) is 0 Å². The first-order valence-electron chi connectivity index (χ1n) is 9.82. The van der Waals surface area contributed by atoms with Crippen LogP contribution in [-0.2, 0) is 14.8 Å². The summed E-state index contributed by atoms with van der Waals surface area (Å²) in [6.07, 6.45) is 4.02. The minimum absolute atomic E-state index is 0.132. The van der Waals surface area contributed by atoms with Crippen LogP contribution in [0.2, 0.25) is 0 Å². The fraction of sp³-hybridized carbons (Fsp3) is 0.650. The highest BCUT2D eigenvalue weighted by Gasteiger charge is 2.32. The molecule has 27 heavy (non-hydrogen) atoms. The van der Waals surface area contributed by atoms with Crippen LogP contribution in [0.3, 0.4) is 0 Å². The number of nitrogens with zero attached hydrogens (tertiary/aromatic N) is 1. The Hall–Kier alpha value is -1.44. The van der Waals surface area contributed by atoms with Crippen molar-refractivity contribution in [2.75, 3.05) is 13.1 Å². The van der Waals surface area contributed by atoms with Gasteiger partial charge in [0, 0.05) is 24.7 Å². The van der Waals surface area contributed by atoms with E-state index in [0.29, 0.717) is 18.7 Å². The van der Waals surface area contributed by atoms with E-state index in [1.807, 2.05) is 13.8 Å². The number of carbonyl (C=O) groups is 1.